The van der Waals surface area contributed by atoms with Crippen molar-refractivity contribution in [3.63, 3.8) is 0 Å². The highest BCUT2D eigenvalue weighted by Gasteiger charge is 2.56. The number of hydrogen-bond donors (Lipinski definition) is 4. The largest absolute Gasteiger partial charge is 0.397 e. The zero-order chi connectivity index (χ0) is 31.9. The lowest BCUT2D eigenvalue weighted by Crippen LogP contribution is -2.67. The number of hydrogen-bond acceptors (Lipinski definition) is 15. The molecule has 4 fully saturated rings. The van der Waals surface area contributed by atoms with Crippen molar-refractivity contribution in [1.29, 1.82) is 0 Å². The number of ether oxygens (including phenoxy) is 7. The summed E-state index contributed by atoms with van der Waals surface area (Å²) < 4.78 is 116. The van der Waals surface area contributed by atoms with Crippen LogP contribution in [0.2, 0.25) is 0 Å². The Morgan fingerprint density at radius 1 is 0.600 bits per heavy atom. The zero-order valence-electron chi connectivity index (χ0n) is 23.0. The van der Waals surface area contributed by atoms with Crippen LogP contribution in [0.5, 0.6) is 0 Å². The van der Waals surface area contributed by atoms with Crippen molar-refractivity contribution in [1.82, 2.24) is 0 Å². The van der Waals surface area contributed by atoms with Crippen LogP contribution in [0.3, 0.4) is 0 Å². The van der Waals surface area contributed by atoms with E-state index in [1.807, 2.05) is 0 Å². The highest BCUT2D eigenvalue weighted by Crippen LogP contribution is 2.39. The Kier molecular flexibility index (Phi) is 9.56. The van der Waals surface area contributed by atoms with E-state index in [2.05, 4.69) is 0 Å². The molecule has 2 unspecified atom stereocenters. The topological polar surface area (TPSA) is 232 Å². The van der Waals surface area contributed by atoms with Crippen molar-refractivity contribution in [2.24, 2.45) is 0 Å². The maximum Gasteiger partial charge on any atom is 0.397 e. The Morgan fingerprint density at radius 3 is 1.33 bits per heavy atom. The van der Waals surface area contributed by atoms with Gasteiger partial charge in [-0.15, -0.1) is 0 Å². The van der Waals surface area contributed by atoms with Crippen LogP contribution in [-0.4, -0.2) is 111 Å². The molecule has 2 aromatic carbocycles. The second-order valence-corrected chi connectivity index (χ2v) is 12.6. The van der Waals surface area contributed by atoms with Gasteiger partial charge >= 0.3 is 20.8 Å². The van der Waals surface area contributed by atoms with Gasteiger partial charge in [0.15, 0.2) is 37.4 Å². The fourth-order valence-electron chi connectivity index (χ4n) is 5.53. The summed E-state index contributed by atoms with van der Waals surface area (Å²) in [6, 6.07) is 17.3. The van der Waals surface area contributed by atoms with E-state index in [9.17, 15) is 36.2 Å². The number of aliphatic hydroxyl groups is 2. The molecule has 0 aromatic heterocycles. The van der Waals surface area contributed by atoms with Gasteiger partial charge in [0.25, 0.3) is 0 Å². The minimum absolute atomic E-state index is 0.188. The molecule has 0 amide bonds. The summed E-state index contributed by atoms with van der Waals surface area (Å²) in [6.45, 7) is -0.377. The number of rotatable bonds is 8. The average Bonchev–Trinajstić information content (AvgIpc) is 3.00. The maximum absolute atomic E-state index is 11.8. The second kappa shape index (κ2) is 13.1. The van der Waals surface area contributed by atoms with Crippen molar-refractivity contribution in [2.75, 3.05) is 13.2 Å². The molecule has 4 aliphatic rings. The van der Waals surface area contributed by atoms with Gasteiger partial charge in [-0.3, -0.25) is 9.11 Å². The highest BCUT2D eigenvalue weighted by molar-refractivity contribution is 7.81. The molecule has 0 bridgehead atoms. The normalized spacial score (nSPS) is 39.0. The molecular weight excluding hydrogens is 648 g/mol. The minimum atomic E-state index is -5.24. The standard InChI is InChI=1S/C26H30O17S2/c27-17-19-15(11-35-23(39-19)13-7-3-1-4-8-13)37-25(21(17)42-44(29,30)31)41-26-22(43-45(32,33)34)18(28)20-16(38-26)12-36-24(40-20)14-9-5-2-6-10-14/h1-10,15-28H,11-12H2,(H,29,30,31)(H,32,33,34)/t15-,16-,17+,18+,19-,20-,21-,22-,23?,24?,25-,26-/m1/s1. The van der Waals surface area contributed by atoms with Crippen molar-refractivity contribution in [2.45, 2.75) is 74.0 Å². The molecule has 0 aliphatic carbocycles. The first-order valence-electron chi connectivity index (χ1n) is 13.6. The molecule has 4 aliphatic heterocycles. The summed E-state index contributed by atoms with van der Waals surface area (Å²) >= 11 is 0. The fourth-order valence-corrected chi connectivity index (χ4v) is 6.50. The number of aliphatic hydroxyl groups excluding tert-OH is 2. The van der Waals surface area contributed by atoms with Crippen molar-refractivity contribution >= 4 is 20.8 Å². The first kappa shape index (κ1) is 32.7. The van der Waals surface area contributed by atoms with E-state index < -0.39 is 94.8 Å². The van der Waals surface area contributed by atoms with Crippen LogP contribution in [-0.2, 0) is 62.3 Å². The van der Waals surface area contributed by atoms with Gasteiger partial charge in [0.1, 0.15) is 36.6 Å². The van der Waals surface area contributed by atoms with Crippen LogP contribution in [0.25, 0.3) is 0 Å². The van der Waals surface area contributed by atoms with Gasteiger partial charge < -0.3 is 43.4 Å². The molecule has 6 rings (SSSR count). The van der Waals surface area contributed by atoms with Gasteiger partial charge in [-0.25, -0.2) is 8.37 Å². The van der Waals surface area contributed by atoms with Crippen molar-refractivity contribution in [3.8, 4) is 0 Å². The van der Waals surface area contributed by atoms with Gasteiger partial charge in [-0.2, -0.15) is 16.8 Å². The molecule has 0 spiro atoms. The third kappa shape index (κ3) is 7.53. The Hall–Kier alpha value is -2.18. The lowest BCUT2D eigenvalue weighted by atomic mass is 9.96. The SMILES string of the molecule is O=S(=O)(O)O[C@H]1[C@@H](O[C@H]2O[C@@H]3COC(c4ccccc4)O[C@H]3[C@H](O)[C@H]2OS(=O)(=O)O)O[C@@H]2COC(c3ccccc3)O[C@H]2[C@@H]1O. The van der Waals surface area contributed by atoms with Crippen molar-refractivity contribution in [3.05, 3.63) is 71.8 Å². The smallest absolute Gasteiger partial charge is 0.387 e. The fraction of sp³-hybridized carbons (Fsp3) is 0.538. The van der Waals surface area contributed by atoms with Crippen LogP contribution in [0.4, 0.5) is 0 Å². The summed E-state index contributed by atoms with van der Waals surface area (Å²) in [7, 11) is -10.5. The van der Waals surface area contributed by atoms with E-state index in [1.54, 1.807) is 60.7 Å². The van der Waals surface area contributed by atoms with Gasteiger partial charge in [0, 0.05) is 11.1 Å². The van der Waals surface area contributed by atoms with E-state index >= 15 is 0 Å². The number of fused-ring (bicyclic) bond motifs is 2. The Balaban J connectivity index is 1.23. The van der Waals surface area contributed by atoms with Gasteiger partial charge in [-0.05, 0) is 0 Å². The van der Waals surface area contributed by atoms with E-state index in [4.69, 9.17) is 41.5 Å². The molecule has 2 aromatic rings. The van der Waals surface area contributed by atoms with Gasteiger partial charge in [0.05, 0.1) is 13.2 Å². The first-order chi connectivity index (χ1) is 21.4. The average molecular weight is 679 g/mol. The van der Waals surface area contributed by atoms with E-state index in [1.165, 1.54) is 0 Å². The summed E-state index contributed by atoms with van der Waals surface area (Å²) in [6.07, 6.45) is -18.2. The monoisotopic (exact) mass is 678 g/mol. The third-order valence-electron chi connectivity index (χ3n) is 7.50. The predicted octanol–water partition coefficient (Wildman–Crippen LogP) is -0.221. The molecule has 45 heavy (non-hydrogen) atoms. The Morgan fingerprint density at radius 2 is 0.978 bits per heavy atom. The van der Waals surface area contributed by atoms with Crippen LogP contribution in [0.1, 0.15) is 23.7 Å². The lowest BCUT2D eigenvalue weighted by molar-refractivity contribution is -0.408. The molecule has 0 radical (unpaired) electrons. The molecule has 4 heterocycles. The molecular formula is C26H30O17S2. The van der Waals surface area contributed by atoms with Crippen LogP contribution in [0.15, 0.2) is 60.7 Å². The minimum Gasteiger partial charge on any atom is -0.387 e. The Labute approximate surface area is 257 Å². The molecule has 12 atom stereocenters. The van der Waals surface area contributed by atoms with Crippen LogP contribution in [0, 0.1) is 0 Å². The zero-order valence-corrected chi connectivity index (χ0v) is 24.7. The molecule has 4 saturated heterocycles. The summed E-state index contributed by atoms with van der Waals surface area (Å²) in [4.78, 5) is 0. The van der Waals surface area contributed by atoms with E-state index in [0.29, 0.717) is 11.1 Å². The van der Waals surface area contributed by atoms with E-state index in [0.717, 1.165) is 0 Å². The Bertz CT molecular complexity index is 1400. The van der Waals surface area contributed by atoms with Crippen LogP contribution < -0.4 is 0 Å². The molecule has 4 N–H and O–H groups in total. The molecule has 248 valence electrons. The summed E-state index contributed by atoms with van der Waals surface area (Å²) in [5, 5.41) is 22.4. The molecule has 0 saturated carbocycles. The van der Waals surface area contributed by atoms with Gasteiger partial charge in [0.2, 0.25) is 0 Å². The number of benzene rings is 2. The van der Waals surface area contributed by atoms with Crippen LogP contribution >= 0.6 is 0 Å². The first-order valence-corrected chi connectivity index (χ1v) is 16.4. The molecule has 17 nitrogen and oxygen atoms in total. The molecule has 19 heteroatoms. The second-order valence-electron chi connectivity index (χ2n) is 10.5. The van der Waals surface area contributed by atoms with E-state index in [-0.39, 0.29) is 13.2 Å². The maximum atomic E-state index is 11.8. The highest BCUT2D eigenvalue weighted by atomic mass is 32.3. The quantitative estimate of drug-likeness (QED) is 0.264. The third-order valence-corrected chi connectivity index (χ3v) is 8.43. The van der Waals surface area contributed by atoms with Gasteiger partial charge in [-0.1, -0.05) is 60.7 Å². The van der Waals surface area contributed by atoms with Crippen molar-refractivity contribution < 1.29 is 77.7 Å². The summed E-state index contributed by atoms with van der Waals surface area (Å²) in [5.74, 6) is 0. The lowest BCUT2D eigenvalue weighted by Gasteiger charge is -2.50. The summed E-state index contributed by atoms with van der Waals surface area (Å²) in [5.41, 5.74) is 1.18. The predicted molar refractivity (Wildman–Crippen MR) is 143 cm³/mol.